The van der Waals surface area contributed by atoms with E-state index in [1.807, 2.05) is 30.3 Å². The van der Waals surface area contributed by atoms with Gasteiger partial charge >= 0.3 is 10.4 Å². The molecule has 0 radical (unpaired) electrons. The van der Waals surface area contributed by atoms with E-state index in [4.69, 9.17) is 32.8 Å². The Kier molecular flexibility index (Phi) is 9.97. The van der Waals surface area contributed by atoms with Crippen molar-refractivity contribution >= 4 is 37.9 Å². The number of rotatable bonds is 1. The second kappa shape index (κ2) is 12.4. The largest absolute Gasteiger partial charge is 0.394 e. The summed E-state index contributed by atoms with van der Waals surface area (Å²) in [6, 6.07) is 18.2. The maximum atomic E-state index is 10.9. The Labute approximate surface area is 188 Å². The molecular formula is C18H16N4O11S. The molecule has 0 amide bonds. The highest BCUT2D eigenvalue weighted by Crippen LogP contribution is 2.17. The van der Waals surface area contributed by atoms with E-state index < -0.39 is 20.4 Å². The third-order valence-electron chi connectivity index (χ3n) is 3.55. The minimum absolute atomic E-state index is 0.0181. The van der Waals surface area contributed by atoms with Crippen LogP contribution in [0.1, 0.15) is 0 Å². The van der Waals surface area contributed by atoms with Gasteiger partial charge in [-0.25, -0.2) is 0 Å². The molecule has 2 aromatic carbocycles. The van der Waals surface area contributed by atoms with Gasteiger partial charge < -0.3 is 15.2 Å². The first-order valence-electron chi connectivity index (χ1n) is 8.65. The molecule has 0 atom stereocenters. The van der Waals surface area contributed by atoms with Crippen molar-refractivity contribution < 1.29 is 32.7 Å². The normalized spacial score (nSPS) is 9.94. The summed E-state index contributed by atoms with van der Waals surface area (Å²) < 4.78 is 31.6. The van der Waals surface area contributed by atoms with Crippen molar-refractivity contribution in [1.29, 1.82) is 0 Å². The fourth-order valence-corrected chi connectivity index (χ4v) is 2.35. The Morgan fingerprint density at radius 3 is 1.68 bits per heavy atom. The Balaban J connectivity index is 0.000000257. The summed E-state index contributed by atoms with van der Waals surface area (Å²) in [6.07, 6.45) is 0. The van der Waals surface area contributed by atoms with E-state index >= 15 is 0 Å². The molecule has 0 spiro atoms. The van der Waals surface area contributed by atoms with Crippen LogP contribution in [-0.2, 0) is 10.4 Å². The van der Waals surface area contributed by atoms with Gasteiger partial charge in [0.25, 0.3) is 10.8 Å². The maximum Gasteiger partial charge on any atom is 0.394 e. The van der Waals surface area contributed by atoms with Crippen LogP contribution in [0.4, 0.5) is 5.69 Å². The Hall–Kier alpha value is -4.67. The number of nitro benzene ring substituents is 1. The summed E-state index contributed by atoms with van der Waals surface area (Å²) >= 11 is 0. The number of benzene rings is 2. The van der Waals surface area contributed by atoms with E-state index in [9.17, 15) is 19.7 Å². The molecule has 0 saturated heterocycles. The Morgan fingerprint density at radius 2 is 1.18 bits per heavy atom. The zero-order valence-corrected chi connectivity index (χ0v) is 17.6. The van der Waals surface area contributed by atoms with Gasteiger partial charge in [-0.3, -0.25) is 28.8 Å². The zero-order chi connectivity index (χ0) is 25.9. The standard InChI is InChI=1S/C9H6N2O3.C9H7NO.HNO3.H2O4S/c12-9-4-1-6-5-7(11(13)14)2-3-8(6)10-9;11-9-6-5-7-3-1-2-4-8(7)10-9;2-1(3)4;1-5(2,3)4/h1-5H,(H,10,12);1-6H,(H,10,11);(H,2,3,4);(H2,1,2,3,4). The molecule has 4 rings (SSSR count). The predicted molar refractivity (Wildman–Crippen MR) is 119 cm³/mol. The van der Waals surface area contributed by atoms with Crippen molar-refractivity contribution in [2.45, 2.75) is 0 Å². The van der Waals surface area contributed by atoms with Gasteiger partial charge in [0.15, 0.2) is 0 Å². The summed E-state index contributed by atoms with van der Waals surface area (Å²) in [5.74, 6) is 0. The highest BCUT2D eigenvalue weighted by Gasteiger charge is 2.05. The van der Waals surface area contributed by atoms with E-state index in [-0.39, 0.29) is 16.8 Å². The SMILES string of the molecule is O=S(=O)(O)O.O=[N+]([O-])O.O=c1ccc2cc([N+](=O)[O-])ccc2[nH]1.O=c1ccc2ccccc2[nH]1. The van der Waals surface area contributed by atoms with Gasteiger partial charge in [-0.1, -0.05) is 18.2 Å². The van der Waals surface area contributed by atoms with Crippen molar-refractivity contribution in [3.63, 3.8) is 0 Å². The van der Waals surface area contributed by atoms with E-state index in [0.717, 1.165) is 10.9 Å². The number of H-pyrrole nitrogens is 2. The number of aromatic nitrogens is 2. The molecule has 0 fully saturated rings. The molecule has 15 nitrogen and oxygen atoms in total. The number of para-hydroxylation sites is 1. The van der Waals surface area contributed by atoms with Crippen LogP contribution in [0, 0.1) is 20.2 Å². The quantitative estimate of drug-likeness (QED) is 0.145. The summed E-state index contributed by atoms with van der Waals surface area (Å²) in [4.78, 5) is 45.4. The summed E-state index contributed by atoms with van der Waals surface area (Å²) in [5, 5.41) is 25.8. The molecule has 0 aliphatic heterocycles. The number of nitro groups is 1. The van der Waals surface area contributed by atoms with Crippen LogP contribution in [0.5, 0.6) is 0 Å². The molecule has 4 aromatic rings. The van der Waals surface area contributed by atoms with Crippen LogP contribution < -0.4 is 11.1 Å². The number of aromatic amines is 2. The van der Waals surface area contributed by atoms with Crippen molar-refractivity contribution in [3.05, 3.63) is 108 Å². The van der Waals surface area contributed by atoms with Gasteiger partial charge in [0.2, 0.25) is 11.1 Å². The lowest BCUT2D eigenvalue weighted by atomic mass is 10.2. The number of fused-ring (bicyclic) bond motifs is 2. The average Bonchev–Trinajstić information content (AvgIpc) is 2.72. The van der Waals surface area contributed by atoms with Gasteiger partial charge in [-0.2, -0.15) is 8.42 Å². The van der Waals surface area contributed by atoms with E-state index in [0.29, 0.717) is 10.9 Å². The predicted octanol–water partition coefficient (Wildman–Crippen LogP) is 1.96. The lowest BCUT2D eigenvalue weighted by Gasteiger charge is -1.96. The molecule has 5 N–H and O–H groups in total. The molecule has 0 aliphatic carbocycles. The molecule has 16 heteroatoms. The number of pyridine rings is 2. The van der Waals surface area contributed by atoms with Crippen LogP contribution >= 0.6 is 0 Å². The van der Waals surface area contributed by atoms with E-state index in [1.165, 1.54) is 30.3 Å². The highest BCUT2D eigenvalue weighted by atomic mass is 32.3. The first kappa shape index (κ1) is 27.4. The van der Waals surface area contributed by atoms with Crippen molar-refractivity contribution in [1.82, 2.24) is 9.97 Å². The molecule has 0 bridgehead atoms. The number of hydrogen-bond acceptors (Lipinski definition) is 8. The van der Waals surface area contributed by atoms with Gasteiger partial charge in [0.05, 0.1) is 4.92 Å². The van der Waals surface area contributed by atoms with Crippen molar-refractivity contribution in [3.8, 4) is 0 Å². The second-order valence-electron chi connectivity index (χ2n) is 5.95. The molecule has 0 unspecified atom stereocenters. The molecule has 2 heterocycles. The smallest absolute Gasteiger partial charge is 0.328 e. The van der Waals surface area contributed by atoms with Crippen LogP contribution in [0.2, 0.25) is 0 Å². The molecule has 2 aromatic heterocycles. The number of non-ortho nitro benzene ring substituents is 1. The maximum absolute atomic E-state index is 10.9. The van der Waals surface area contributed by atoms with Crippen molar-refractivity contribution in [2.75, 3.05) is 0 Å². The first-order chi connectivity index (χ1) is 15.8. The fraction of sp³-hybridized carbons (Fsp3) is 0. The molecule has 0 saturated carbocycles. The minimum atomic E-state index is -4.67. The topological polar surface area (TPSA) is 247 Å². The summed E-state index contributed by atoms with van der Waals surface area (Å²) in [6.45, 7) is 0. The average molecular weight is 496 g/mol. The second-order valence-corrected chi connectivity index (χ2v) is 6.84. The van der Waals surface area contributed by atoms with Crippen molar-refractivity contribution in [2.24, 2.45) is 0 Å². The summed E-state index contributed by atoms with van der Waals surface area (Å²) in [5.41, 5.74) is 1.24. The molecule has 34 heavy (non-hydrogen) atoms. The van der Waals surface area contributed by atoms with Gasteiger partial charge in [-0.15, -0.1) is 10.1 Å². The van der Waals surface area contributed by atoms with Gasteiger partial charge in [0.1, 0.15) is 0 Å². The van der Waals surface area contributed by atoms with Gasteiger partial charge in [-0.05, 0) is 29.7 Å². The Bertz CT molecular complexity index is 1500. The molecule has 0 aliphatic rings. The number of nitrogens with one attached hydrogen (secondary N) is 2. The van der Waals surface area contributed by atoms with Gasteiger partial charge in [0, 0.05) is 40.7 Å². The van der Waals surface area contributed by atoms with Crippen LogP contribution in [0.15, 0.2) is 76.3 Å². The fourth-order valence-electron chi connectivity index (χ4n) is 2.35. The number of nitrogens with zero attached hydrogens (tertiary/aromatic N) is 2. The number of hydrogen-bond donors (Lipinski definition) is 5. The van der Waals surface area contributed by atoms with Crippen LogP contribution in [0.3, 0.4) is 0 Å². The summed E-state index contributed by atoms with van der Waals surface area (Å²) in [7, 11) is -4.67. The van der Waals surface area contributed by atoms with Crippen LogP contribution in [0.25, 0.3) is 21.8 Å². The lowest BCUT2D eigenvalue weighted by molar-refractivity contribution is -0.742. The highest BCUT2D eigenvalue weighted by molar-refractivity contribution is 7.79. The third-order valence-corrected chi connectivity index (χ3v) is 3.55. The first-order valence-corrected chi connectivity index (χ1v) is 10.0. The molecular weight excluding hydrogens is 480 g/mol. The van der Waals surface area contributed by atoms with E-state index in [1.54, 1.807) is 6.07 Å². The third kappa shape index (κ3) is 11.1. The van der Waals surface area contributed by atoms with E-state index in [2.05, 4.69) is 9.97 Å². The Morgan fingerprint density at radius 1 is 0.735 bits per heavy atom. The zero-order valence-electron chi connectivity index (χ0n) is 16.8. The molecule has 180 valence electrons. The monoisotopic (exact) mass is 496 g/mol. The van der Waals surface area contributed by atoms with Crippen LogP contribution in [-0.4, -0.2) is 42.7 Å². The minimum Gasteiger partial charge on any atom is -0.328 e. The lowest BCUT2D eigenvalue weighted by Crippen LogP contribution is -2.02.